The number of aryl methyl sites for hydroxylation is 1. The van der Waals surface area contributed by atoms with Crippen molar-refractivity contribution in [3.8, 4) is 0 Å². The number of benzene rings is 1. The van der Waals surface area contributed by atoms with Gasteiger partial charge in [-0.05, 0) is 37.1 Å². The monoisotopic (exact) mass is 256 g/mol. The Balaban J connectivity index is 2.89. The van der Waals surface area contributed by atoms with Gasteiger partial charge >= 0.3 is 0 Å². The Bertz CT molecular complexity index is 412. The SMILES string of the molecule is CCC(NS(=O)[O-])N(C)c1ccc(N)c(C)c1. The van der Waals surface area contributed by atoms with Crippen LogP contribution in [0, 0.1) is 6.92 Å². The van der Waals surface area contributed by atoms with E-state index in [1.54, 1.807) is 0 Å². The van der Waals surface area contributed by atoms with E-state index in [0.29, 0.717) is 6.42 Å². The van der Waals surface area contributed by atoms with Gasteiger partial charge in [0.25, 0.3) is 0 Å². The molecule has 0 aliphatic heterocycles. The first-order valence-electron chi connectivity index (χ1n) is 5.40. The molecule has 2 unspecified atom stereocenters. The standard InChI is InChI=1S/C11H19N3O2S/c1-4-11(13-17(15)16)14(3)9-5-6-10(12)8(2)7-9/h5-7,11,13H,4,12H2,1-3H3,(H,15,16)/p-1. The zero-order chi connectivity index (χ0) is 13.0. The van der Waals surface area contributed by atoms with E-state index in [0.717, 1.165) is 16.9 Å². The van der Waals surface area contributed by atoms with Crippen LogP contribution >= 0.6 is 0 Å². The highest BCUT2D eigenvalue weighted by Gasteiger charge is 2.13. The maximum Gasteiger partial charge on any atom is 0.0892 e. The molecule has 2 atom stereocenters. The van der Waals surface area contributed by atoms with Crippen LogP contribution in [-0.2, 0) is 11.3 Å². The van der Waals surface area contributed by atoms with Gasteiger partial charge in [-0.2, -0.15) is 0 Å². The predicted molar refractivity (Wildman–Crippen MR) is 70.1 cm³/mol. The summed E-state index contributed by atoms with van der Waals surface area (Å²) in [5.74, 6) is 0. The number of nitrogen functional groups attached to an aromatic ring is 1. The number of rotatable bonds is 5. The van der Waals surface area contributed by atoms with Crippen LogP contribution in [0.2, 0.25) is 0 Å². The lowest BCUT2D eigenvalue weighted by Gasteiger charge is -2.31. The van der Waals surface area contributed by atoms with Crippen LogP contribution < -0.4 is 15.4 Å². The first-order valence-corrected chi connectivity index (χ1v) is 6.47. The number of hydrogen-bond donors (Lipinski definition) is 2. The van der Waals surface area contributed by atoms with Crippen molar-refractivity contribution in [2.24, 2.45) is 0 Å². The van der Waals surface area contributed by atoms with Crippen LogP contribution in [0.5, 0.6) is 0 Å². The molecule has 5 nitrogen and oxygen atoms in total. The molecule has 0 aliphatic rings. The fraction of sp³-hybridized carbons (Fsp3) is 0.455. The number of nitrogens with zero attached hydrogens (tertiary/aromatic N) is 1. The Morgan fingerprint density at radius 2 is 2.24 bits per heavy atom. The van der Waals surface area contributed by atoms with Crippen LogP contribution in [0.3, 0.4) is 0 Å². The minimum absolute atomic E-state index is 0.253. The van der Waals surface area contributed by atoms with Gasteiger partial charge in [-0.25, -0.2) is 4.72 Å². The van der Waals surface area contributed by atoms with Crippen molar-refractivity contribution >= 4 is 22.6 Å². The van der Waals surface area contributed by atoms with Crippen molar-refractivity contribution in [2.45, 2.75) is 26.4 Å². The van der Waals surface area contributed by atoms with Crippen molar-refractivity contribution < 1.29 is 8.76 Å². The Hall–Kier alpha value is -1.11. The molecule has 96 valence electrons. The number of nitrogens with one attached hydrogen (secondary N) is 1. The highest BCUT2D eigenvalue weighted by Crippen LogP contribution is 2.21. The second kappa shape index (κ2) is 6.00. The van der Waals surface area contributed by atoms with Crippen molar-refractivity contribution in [1.82, 2.24) is 4.72 Å². The molecule has 0 saturated heterocycles. The van der Waals surface area contributed by atoms with E-state index >= 15 is 0 Å². The van der Waals surface area contributed by atoms with Gasteiger partial charge in [-0.3, -0.25) is 4.21 Å². The van der Waals surface area contributed by atoms with E-state index in [1.807, 2.05) is 44.0 Å². The summed E-state index contributed by atoms with van der Waals surface area (Å²) in [5, 5.41) is 0. The first kappa shape index (κ1) is 14.0. The van der Waals surface area contributed by atoms with E-state index < -0.39 is 11.3 Å². The highest BCUT2D eigenvalue weighted by atomic mass is 32.2. The van der Waals surface area contributed by atoms with Gasteiger partial charge in [0.2, 0.25) is 0 Å². The van der Waals surface area contributed by atoms with Gasteiger partial charge in [0, 0.05) is 29.7 Å². The average molecular weight is 256 g/mol. The summed E-state index contributed by atoms with van der Waals surface area (Å²) in [7, 11) is 1.85. The van der Waals surface area contributed by atoms with E-state index in [4.69, 9.17) is 5.73 Å². The third kappa shape index (κ3) is 3.69. The summed E-state index contributed by atoms with van der Waals surface area (Å²) in [6, 6.07) is 5.63. The molecule has 0 aliphatic carbocycles. The van der Waals surface area contributed by atoms with Crippen LogP contribution in [0.25, 0.3) is 0 Å². The molecule has 0 radical (unpaired) electrons. The Labute approximate surface area is 104 Å². The van der Waals surface area contributed by atoms with Gasteiger partial charge in [-0.15, -0.1) is 0 Å². The average Bonchev–Trinajstić information content (AvgIpc) is 2.28. The lowest BCUT2D eigenvalue weighted by molar-refractivity contribution is 0.493. The quantitative estimate of drug-likeness (QED) is 0.470. The van der Waals surface area contributed by atoms with Gasteiger partial charge < -0.3 is 15.2 Å². The fourth-order valence-corrected chi connectivity index (χ4v) is 2.15. The van der Waals surface area contributed by atoms with Crippen molar-refractivity contribution in [3.05, 3.63) is 23.8 Å². The summed E-state index contributed by atoms with van der Waals surface area (Å²) in [4.78, 5) is 1.88. The normalized spacial score (nSPS) is 14.4. The summed E-state index contributed by atoms with van der Waals surface area (Å²) >= 11 is -2.27. The van der Waals surface area contributed by atoms with E-state index in [1.165, 1.54) is 0 Å². The molecule has 17 heavy (non-hydrogen) atoms. The summed E-state index contributed by atoms with van der Waals surface area (Å²) in [6.07, 6.45) is 0.421. The molecule has 1 rings (SSSR count). The molecule has 1 aromatic carbocycles. The molecule has 3 N–H and O–H groups in total. The number of hydrogen-bond acceptors (Lipinski definition) is 4. The molecular weight excluding hydrogens is 238 g/mol. The highest BCUT2D eigenvalue weighted by molar-refractivity contribution is 7.77. The third-order valence-corrected chi connectivity index (χ3v) is 3.21. The fourth-order valence-electron chi connectivity index (χ4n) is 1.61. The Morgan fingerprint density at radius 3 is 2.71 bits per heavy atom. The molecule has 0 aromatic heterocycles. The number of anilines is 2. The van der Waals surface area contributed by atoms with Crippen LogP contribution in [0.4, 0.5) is 11.4 Å². The van der Waals surface area contributed by atoms with E-state index in [9.17, 15) is 8.76 Å². The zero-order valence-corrected chi connectivity index (χ0v) is 11.1. The van der Waals surface area contributed by atoms with E-state index in [2.05, 4.69) is 4.72 Å². The second-order valence-corrected chi connectivity index (χ2v) is 4.63. The minimum Gasteiger partial charge on any atom is -0.760 e. The summed E-state index contributed by atoms with van der Waals surface area (Å²) in [6.45, 7) is 3.85. The molecule has 6 heteroatoms. The second-order valence-electron chi connectivity index (χ2n) is 3.93. The number of nitrogens with two attached hydrogens (primary N) is 1. The first-order chi connectivity index (χ1) is 7.95. The summed E-state index contributed by atoms with van der Waals surface area (Å²) < 4.78 is 23.8. The topological polar surface area (TPSA) is 81.4 Å². The molecule has 0 saturated carbocycles. The van der Waals surface area contributed by atoms with Crippen molar-refractivity contribution in [1.29, 1.82) is 0 Å². The van der Waals surface area contributed by atoms with Crippen LogP contribution in [-0.4, -0.2) is 22.0 Å². The smallest absolute Gasteiger partial charge is 0.0892 e. The zero-order valence-electron chi connectivity index (χ0n) is 10.3. The largest absolute Gasteiger partial charge is 0.760 e. The Morgan fingerprint density at radius 1 is 1.59 bits per heavy atom. The van der Waals surface area contributed by atoms with Gasteiger partial charge in [0.05, 0.1) is 6.17 Å². The molecule has 0 spiro atoms. The molecule has 0 bridgehead atoms. The van der Waals surface area contributed by atoms with Gasteiger partial charge in [0.1, 0.15) is 0 Å². The predicted octanol–water partition coefficient (Wildman–Crippen LogP) is 1.13. The minimum atomic E-state index is -2.27. The molecule has 1 aromatic rings. The molecule has 0 amide bonds. The van der Waals surface area contributed by atoms with Crippen molar-refractivity contribution in [2.75, 3.05) is 17.7 Å². The molecule has 0 heterocycles. The van der Waals surface area contributed by atoms with Crippen LogP contribution in [0.1, 0.15) is 18.9 Å². The van der Waals surface area contributed by atoms with Crippen molar-refractivity contribution in [3.63, 3.8) is 0 Å². The Kier molecular flexibility index (Phi) is 4.92. The molecule has 0 fully saturated rings. The van der Waals surface area contributed by atoms with Crippen LogP contribution in [0.15, 0.2) is 18.2 Å². The molecular formula is C11H18N3O2S-. The van der Waals surface area contributed by atoms with E-state index in [-0.39, 0.29) is 6.17 Å². The van der Waals surface area contributed by atoms with Gasteiger partial charge in [-0.1, -0.05) is 6.92 Å². The summed E-state index contributed by atoms with van der Waals surface area (Å²) in [5.41, 5.74) is 8.39. The third-order valence-electron chi connectivity index (χ3n) is 2.75. The lowest BCUT2D eigenvalue weighted by Crippen LogP contribution is -2.44. The maximum atomic E-state index is 10.7. The lowest BCUT2D eigenvalue weighted by atomic mass is 10.1. The maximum absolute atomic E-state index is 10.7. The van der Waals surface area contributed by atoms with Gasteiger partial charge in [0.15, 0.2) is 0 Å².